The molecule has 0 heterocycles. The molecule has 3 heteroatoms. The average molecular weight is 139 g/mol. The standard InChI is InChI=1S/C6H12O2.Na/c1-3-5-8-6(7)4-2;/h3-5H2,1-2H3;. The number of carbonyl (C=O) groups is 1. The molecule has 0 N–H and O–H groups in total. The van der Waals surface area contributed by atoms with Gasteiger partial charge in [0.05, 0.1) is 6.61 Å². The third-order valence-corrected chi connectivity index (χ3v) is 0.756. The largest absolute Gasteiger partial charge is 0.466 e. The Morgan fingerprint density at radius 3 is 2.33 bits per heavy atom. The van der Waals surface area contributed by atoms with Crippen molar-refractivity contribution in [1.29, 1.82) is 0 Å². The van der Waals surface area contributed by atoms with Crippen LogP contribution in [0.2, 0.25) is 0 Å². The summed E-state index contributed by atoms with van der Waals surface area (Å²) in [5.41, 5.74) is 0. The fraction of sp³-hybridized carbons (Fsp3) is 0.833. The second-order valence-corrected chi connectivity index (χ2v) is 1.57. The molecule has 0 aliphatic carbocycles. The molecule has 0 saturated carbocycles. The van der Waals surface area contributed by atoms with Crippen molar-refractivity contribution in [1.82, 2.24) is 0 Å². The Hall–Kier alpha value is 0.470. The van der Waals surface area contributed by atoms with Crippen LogP contribution < -0.4 is 0 Å². The van der Waals surface area contributed by atoms with Gasteiger partial charge in [-0.2, -0.15) is 0 Å². The number of hydrogen-bond donors (Lipinski definition) is 0. The van der Waals surface area contributed by atoms with Gasteiger partial charge in [-0.25, -0.2) is 0 Å². The zero-order valence-corrected chi connectivity index (χ0v) is 8.44. The first-order valence-corrected chi connectivity index (χ1v) is 2.96. The van der Waals surface area contributed by atoms with Gasteiger partial charge < -0.3 is 4.74 Å². The first-order valence-electron chi connectivity index (χ1n) is 2.96. The molecule has 0 aromatic rings. The average Bonchev–Trinajstić information content (AvgIpc) is 1.83. The van der Waals surface area contributed by atoms with Crippen LogP contribution >= 0.6 is 0 Å². The van der Waals surface area contributed by atoms with E-state index in [1.165, 1.54) is 0 Å². The summed E-state index contributed by atoms with van der Waals surface area (Å²) in [4.78, 5) is 10.3. The van der Waals surface area contributed by atoms with Gasteiger partial charge >= 0.3 is 5.97 Å². The van der Waals surface area contributed by atoms with E-state index in [-0.39, 0.29) is 35.5 Å². The van der Waals surface area contributed by atoms with E-state index in [2.05, 4.69) is 0 Å². The molecular weight excluding hydrogens is 127 g/mol. The number of ether oxygens (including phenoxy) is 1. The maximum atomic E-state index is 10.3. The summed E-state index contributed by atoms with van der Waals surface area (Å²) in [6, 6.07) is 0. The van der Waals surface area contributed by atoms with Crippen molar-refractivity contribution in [3.8, 4) is 0 Å². The van der Waals surface area contributed by atoms with E-state index >= 15 is 0 Å². The van der Waals surface area contributed by atoms with Crippen LogP contribution in [0.15, 0.2) is 0 Å². The van der Waals surface area contributed by atoms with Crippen LogP contribution in [0.3, 0.4) is 0 Å². The molecule has 49 valence electrons. The second kappa shape index (κ2) is 8.47. The molecule has 0 aromatic carbocycles. The Kier molecular flexibility index (Phi) is 11.5. The molecule has 0 atom stereocenters. The normalized spacial score (nSPS) is 7.78. The van der Waals surface area contributed by atoms with Crippen molar-refractivity contribution in [2.24, 2.45) is 0 Å². The summed E-state index contributed by atoms with van der Waals surface area (Å²) in [5, 5.41) is 0. The maximum Gasteiger partial charge on any atom is 0.305 e. The topological polar surface area (TPSA) is 26.3 Å². The Morgan fingerprint density at radius 2 is 2.00 bits per heavy atom. The third-order valence-electron chi connectivity index (χ3n) is 0.756. The van der Waals surface area contributed by atoms with E-state index in [0.717, 1.165) is 6.42 Å². The van der Waals surface area contributed by atoms with Gasteiger partial charge in [-0.3, -0.25) is 4.79 Å². The van der Waals surface area contributed by atoms with Crippen molar-refractivity contribution in [2.75, 3.05) is 6.61 Å². The molecule has 0 aliphatic heterocycles. The first kappa shape index (κ1) is 12.2. The third kappa shape index (κ3) is 8.47. The molecule has 0 amide bonds. The molecule has 0 aromatic heterocycles. The summed E-state index contributed by atoms with van der Waals surface area (Å²) in [5.74, 6) is -0.105. The van der Waals surface area contributed by atoms with E-state index in [1.54, 1.807) is 6.92 Å². The molecule has 0 saturated heterocycles. The monoisotopic (exact) mass is 139 g/mol. The molecule has 9 heavy (non-hydrogen) atoms. The number of esters is 1. The van der Waals surface area contributed by atoms with Crippen LogP contribution in [-0.2, 0) is 9.53 Å². The summed E-state index contributed by atoms with van der Waals surface area (Å²) < 4.78 is 4.70. The summed E-state index contributed by atoms with van der Waals surface area (Å²) in [6.45, 7) is 4.33. The van der Waals surface area contributed by atoms with Crippen molar-refractivity contribution in [3.05, 3.63) is 0 Å². The van der Waals surface area contributed by atoms with Crippen LogP contribution in [-0.4, -0.2) is 42.1 Å². The van der Waals surface area contributed by atoms with Crippen LogP contribution in [0, 0.1) is 0 Å². The fourth-order valence-corrected chi connectivity index (χ4v) is 0.318. The minimum atomic E-state index is -0.105. The van der Waals surface area contributed by atoms with Gasteiger partial charge in [0.25, 0.3) is 0 Å². The van der Waals surface area contributed by atoms with E-state index in [0.29, 0.717) is 13.0 Å². The van der Waals surface area contributed by atoms with Gasteiger partial charge in [0, 0.05) is 36.0 Å². The van der Waals surface area contributed by atoms with Crippen LogP contribution in [0.1, 0.15) is 26.7 Å². The van der Waals surface area contributed by atoms with Gasteiger partial charge in [0.15, 0.2) is 0 Å². The zero-order chi connectivity index (χ0) is 6.41. The van der Waals surface area contributed by atoms with E-state index in [9.17, 15) is 4.79 Å². The van der Waals surface area contributed by atoms with Gasteiger partial charge in [-0.1, -0.05) is 13.8 Å². The molecule has 1 radical (unpaired) electrons. The van der Waals surface area contributed by atoms with Crippen LogP contribution in [0.5, 0.6) is 0 Å². The molecule has 0 spiro atoms. The number of carbonyl (C=O) groups excluding carboxylic acids is 1. The van der Waals surface area contributed by atoms with Gasteiger partial charge in [0.2, 0.25) is 0 Å². The Bertz CT molecular complexity index is 73.5. The first-order chi connectivity index (χ1) is 3.81. The second-order valence-electron chi connectivity index (χ2n) is 1.57. The summed E-state index contributed by atoms with van der Waals surface area (Å²) in [7, 11) is 0. The van der Waals surface area contributed by atoms with Crippen LogP contribution in [0.25, 0.3) is 0 Å². The van der Waals surface area contributed by atoms with Gasteiger partial charge in [-0.05, 0) is 6.42 Å². The molecular formula is C6H12NaO2. The Balaban J connectivity index is 0. The summed E-state index contributed by atoms with van der Waals surface area (Å²) in [6.07, 6.45) is 1.39. The van der Waals surface area contributed by atoms with Gasteiger partial charge in [-0.15, -0.1) is 0 Å². The van der Waals surface area contributed by atoms with E-state index in [1.807, 2.05) is 6.92 Å². The molecule has 0 fully saturated rings. The number of hydrogen-bond acceptors (Lipinski definition) is 2. The smallest absolute Gasteiger partial charge is 0.305 e. The van der Waals surface area contributed by atoms with Crippen LogP contribution in [0.4, 0.5) is 0 Å². The van der Waals surface area contributed by atoms with Crippen molar-refractivity contribution in [2.45, 2.75) is 26.7 Å². The van der Waals surface area contributed by atoms with Crippen molar-refractivity contribution >= 4 is 35.5 Å². The van der Waals surface area contributed by atoms with Gasteiger partial charge in [0.1, 0.15) is 0 Å². The van der Waals surface area contributed by atoms with Crippen molar-refractivity contribution in [3.63, 3.8) is 0 Å². The molecule has 2 nitrogen and oxygen atoms in total. The zero-order valence-electron chi connectivity index (χ0n) is 6.44. The fourth-order valence-electron chi connectivity index (χ4n) is 0.318. The summed E-state index contributed by atoms with van der Waals surface area (Å²) >= 11 is 0. The predicted octanol–water partition coefficient (Wildman–Crippen LogP) is 0.969. The van der Waals surface area contributed by atoms with E-state index in [4.69, 9.17) is 4.74 Å². The minimum Gasteiger partial charge on any atom is -0.466 e. The predicted molar refractivity (Wildman–Crippen MR) is 37.3 cm³/mol. The quantitative estimate of drug-likeness (QED) is 0.430. The van der Waals surface area contributed by atoms with Crippen molar-refractivity contribution < 1.29 is 9.53 Å². The molecule has 0 unspecified atom stereocenters. The Labute approximate surface area is 78.3 Å². The molecule has 0 aliphatic rings. The maximum absolute atomic E-state index is 10.3. The van der Waals surface area contributed by atoms with E-state index < -0.39 is 0 Å². The Morgan fingerprint density at radius 1 is 1.44 bits per heavy atom. The SMILES string of the molecule is CCCOC(=O)CC.[Na]. The molecule has 0 rings (SSSR count). The minimum absolute atomic E-state index is 0. The number of rotatable bonds is 3. The molecule has 0 bridgehead atoms.